The molecule has 0 aromatic carbocycles. The Labute approximate surface area is 138 Å². The third-order valence-electron chi connectivity index (χ3n) is 3.13. The summed E-state index contributed by atoms with van der Waals surface area (Å²) < 4.78 is 31.7. The smallest absolute Gasteiger partial charge is 0.282 e. The lowest BCUT2D eigenvalue weighted by molar-refractivity contribution is -0.353. The van der Waals surface area contributed by atoms with Crippen LogP contribution in [0.2, 0.25) is 0 Å². The zero-order chi connectivity index (χ0) is 16.4. The molecule has 0 radical (unpaired) electrons. The molecular formula is C12H28O6S2Si. The summed E-state index contributed by atoms with van der Waals surface area (Å²) >= 11 is 0. The summed E-state index contributed by atoms with van der Waals surface area (Å²) in [4.78, 5) is 0.428. The average Bonchev–Trinajstić information content (AvgIpc) is 2.53. The lowest BCUT2D eigenvalue weighted by atomic mass is 10.4. The van der Waals surface area contributed by atoms with E-state index in [2.05, 4.69) is 0 Å². The van der Waals surface area contributed by atoms with Crippen LogP contribution >= 0.6 is 21.6 Å². The second-order valence-electron chi connectivity index (χ2n) is 4.27. The van der Waals surface area contributed by atoms with E-state index >= 15 is 0 Å². The molecule has 0 saturated heterocycles. The molecule has 0 spiro atoms. The predicted molar refractivity (Wildman–Crippen MR) is 90.5 cm³/mol. The summed E-state index contributed by atoms with van der Waals surface area (Å²) in [5.74, 6) is -1.06. The number of rotatable bonds is 13. The van der Waals surface area contributed by atoms with E-state index in [0.29, 0.717) is 17.7 Å². The predicted octanol–water partition coefficient (Wildman–Crippen LogP) is 1.03. The van der Waals surface area contributed by atoms with Gasteiger partial charge in [-0.1, -0.05) is 21.6 Å². The van der Waals surface area contributed by atoms with Crippen molar-refractivity contribution in [3.63, 3.8) is 0 Å². The third kappa shape index (κ3) is 7.19. The second kappa shape index (κ2) is 11.2. The van der Waals surface area contributed by atoms with Crippen molar-refractivity contribution < 1.29 is 28.4 Å². The second-order valence-corrected chi connectivity index (χ2v) is 9.43. The molecule has 6 nitrogen and oxygen atoms in total. The Hall–Kier alpha value is 0.677. The first kappa shape index (κ1) is 21.7. The van der Waals surface area contributed by atoms with Gasteiger partial charge in [-0.15, -0.1) is 0 Å². The lowest BCUT2D eigenvalue weighted by Gasteiger charge is -2.31. The molecule has 21 heavy (non-hydrogen) atoms. The highest BCUT2D eigenvalue weighted by molar-refractivity contribution is 8.77. The molecule has 1 unspecified atom stereocenters. The van der Waals surface area contributed by atoms with Crippen LogP contribution in [-0.4, -0.2) is 75.5 Å². The van der Waals surface area contributed by atoms with Crippen LogP contribution in [0.15, 0.2) is 0 Å². The number of ether oxygens (including phenoxy) is 6. The average molecular weight is 361 g/mol. The third-order valence-corrected chi connectivity index (χ3v) is 8.16. The molecule has 0 aliphatic carbocycles. The molecule has 0 fully saturated rings. The molecule has 0 rings (SSSR count). The van der Waals surface area contributed by atoms with Crippen molar-refractivity contribution in [1.82, 2.24) is 0 Å². The summed E-state index contributed by atoms with van der Waals surface area (Å²) in [6.45, 7) is 0. The maximum atomic E-state index is 5.31. The van der Waals surface area contributed by atoms with Gasteiger partial charge in [0.05, 0.1) is 0 Å². The normalized spacial score (nSPS) is 14.6. The topological polar surface area (TPSA) is 55.4 Å². The van der Waals surface area contributed by atoms with Gasteiger partial charge in [0.25, 0.3) is 11.9 Å². The first-order valence-corrected chi connectivity index (χ1v) is 10.1. The summed E-state index contributed by atoms with van der Waals surface area (Å²) in [7, 11) is 14.0. The SMILES string of the molecule is COC(CCSSC([SiH3])CC(OC)(OC)OC)(OC)OC. The van der Waals surface area contributed by atoms with E-state index in [4.69, 9.17) is 28.4 Å². The van der Waals surface area contributed by atoms with Gasteiger partial charge in [0, 0.05) is 76.4 Å². The van der Waals surface area contributed by atoms with Crippen molar-refractivity contribution in [2.75, 3.05) is 48.4 Å². The van der Waals surface area contributed by atoms with Crippen LogP contribution in [0.4, 0.5) is 0 Å². The zero-order valence-corrected chi connectivity index (χ0v) is 17.6. The van der Waals surface area contributed by atoms with Crippen molar-refractivity contribution in [3.8, 4) is 0 Å². The number of hydrogen-bond acceptors (Lipinski definition) is 8. The quantitative estimate of drug-likeness (QED) is 0.209. The summed E-state index contributed by atoms with van der Waals surface area (Å²) in [6.07, 6.45) is 1.33. The van der Waals surface area contributed by atoms with Crippen molar-refractivity contribution in [2.24, 2.45) is 0 Å². The van der Waals surface area contributed by atoms with Crippen LogP contribution in [0.3, 0.4) is 0 Å². The standard InChI is InChI=1S/C12H28O6S2Si/c1-13-11(14-2,15-3)7-8-19-20-10(21)9-12(16-4,17-5)18-6/h10H,7-9H2,1-6,21H3. The van der Waals surface area contributed by atoms with E-state index in [9.17, 15) is 0 Å². The Morgan fingerprint density at radius 2 is 1.24 bits per heavy atom. The van der Waals surface area contributed by atoms with E-state index in [1.807, 2.05) is 0 Å². The number of methoxy groups -OCH3 is 6. The maximum absolute atomic E-state index is 5.31. The van der Waals surface area contributed by atoms with E-state index in [1.54, 1.807) is 64.2 Å². The summed E-state index contributed by atoms with van der Waals surface area (Å²) in [5.41, 5.74) is 0. The fourth-order valence-corrected chi connectivity index (χ4v) is 5.87. The Morgan fingerprint density at radius 1 is 0.810 bits per heavy atom. The highest BCUT2D eigenvalue weighted by atomic mass is 33.1. The largest absolute Gasteiger partial charge is 0.331 e. The molecular weight excluding hydrogens is 332 g/mol. The van der Waals surface area contributed by atoms with Crippen molar-refractivity contribution in [3.05, 3.63) is 0 Å². The highest BCUT2D eigenvalue weighted by Crippen LogP contribution is 2.33. The van der Waals surface area contributed by atoms with Gasteiger partial charge in [-0.25, -0.2) is 0 Å². The fraction of sp³-hybridized carbons (Fsp3) is 1.00. The molecule has 0 aromatic heterocycles. The zero-order valence-electron chi connectivity index (χ0n) is 14.0. The van der Waals surface area contributed by atoms with Crippen LogP contribution in [0.1, 0.15) is 12.8 Å². The molecule has 0 saturated carbocycles. The first-order valence-electron chi connectivity index (χ1n) is 6.56. The minimum Gasteiger partial charge on any atom is -0.331 e. The number of hydrogen-bond donors (Lipinski definition) is 0. The molecule has 0 N–H and O–H groups in total. The molecule has 0 aliphatic rings. The monoisotopic (exact) mass is 360 g/mol. The minimum absolute atomic E-state index is 0.428. The molecule has 128 valence electrons. The summed E-state index contributed by atoms with van der Waals surface area (Å²) in [6, 6.07) is 0. The van der Waals surface area contributed by atoms with Crippen LogP contribution in [0.25, 0.3) is 0 Å². The van der Waals surface area contributed by atoms with Gasteiger partial charge in [0.15, 0.2) is 0 Å². The van der Waals surface area contributed by atoms with Gasteiger partial charge < -0.3 is 28.4 Å². The maximum Gasteiger partial charge on any atom is 0.282 e. The Bertz CT molecular complexity index is 248. The van der Waals surface area contributed by atoms with E-state index in [-0.39, 0.29) is 0 Å². The van der Waals surface area contributed by atoms with Gasteiger partial charge >= 0.3 is 0 Å². The molecule has 0 bridgehead atoms. The Morgan fingerprint density at radius 3 is 1.62 bits per heavy atom. The van der Waals surface area contributed by atoms with E-state index in [0.717, 1.165) is 16.0 Å². The van der Waals surface area contributed by atoms with E-state index < -0.39 is 11.9 Å². The fourth-order valence-electron chi connectivity index (χ4n) is 1.77. The van der Waals surface area contributed by atoms with Gasteiger partial charge in [-0.3, -0.25) is 0 Å². The van der Waals surface area contributed by atoms with Gasteiger partial charge in [-0.05, 0) is 0 Å². The molecule has 9 heteroatoms. The Kier molecular flexibility index (Phi) is 11.6. The van der Waals surface area contributed by atoms with Crippen LogP contribution in [-0.2, 0) is 28.4 Å². The Balaban J connectivity index is 4.12. The lowest BCUT2D eigenvalue weighted by Crippen LogP contribution is -2.39. The molecule has 0 aromatic rings. The van der Waals surface area contributed by atoms with Crippen LogP contribution < -0.4 is 0 Å². The molecule has 1 atom stereocenters. The van der Waals surface area contributed by atoms with Crippen LogP contribution in [0.5, 0.6) is 0 Å². The molecule has 0 amide bonds. The molecule has 0 heterocycles. The van der Waals surface area contributed by atoms with Crippen LogP contribution in [0, 0.1) is 0 Å². The van der Waals surface area contributed by atoms with Crippen molar-refractivity contribution in [2.45, 2.75) is 29.7 Å². The van der Waals surface area contributed by atoms with Gasteiger partial charge in [0.2, 0.25) is 0 Å². The van der Waals surface area contributed by atoms with Gasteiger partial charge in [-0.2, -0.15) is 0 Å². The first-order chi connectivity index (χ1) is 9.96. The van der Waals surface area contributed by atoms with E-state index in [1.165, 1.54) is 0 Å². The highest BCUT2D eigenvalue weighted by Gasteiger charge is 2.32. The minimum atomic E-state index is -0.955. The van der Waals surface area contributed by atoms with Gasteiger partial charge in [0.1, 0.15) is 0 Å². The molecule has 0 aliphatic heterocycles. The summed E-state index contributed by atoms with van der Waals surface area (Å²) in [5, 5.41) is 0. The van der Waals surface area contributed by atoms with Crippen molar-refractivity contribution in [1.29, 1.82) is 0 Å². The van der Waals surface area contributed by atoms with Crippen molar-refractivity contribution >= 4 is 31.8 Å².